The first-order valence-corrected chi connectivity index (χ1v) is 11.9. The number of rotatable bonds is 6. The summed E-state index contributed by atoms with van der Waals surface area (Å²) < 4.78 is 53.3. The van der Waals surface area contributed by atoms with E-state index in [2.05, 4.69) is 20.3 Å². The maximum absolute atomic E-state index is 11.5. The third-order valence-corrected chi connectivity index (χ3v) is 6.04. The minimum Gasteiger partial charge on any atom is -0.379 e. The molecule has 31 heavy (non-hydrogen) atoms. The first kappa shape index (κ1) is 21.0. The SMILES string of the molecule is CC1(C)OC2C(COS(C)(=O)=O)OC(n3cnc4c(NC5CCOC5)ncnc43)C2O1. The minimum absolute atomic E-state index is 0.167. The van der Waals surface area contributed by atoms with Crippen LogP contribution in [0.5, 0.6) is 0 Å². The van der Waals surface area contributed by atoms with Crippen LogP contribution in [0.15, 0.2) is 12.7 Å². The topological polar surface area (TPSA) is 136 Å². The number of imidazole rings is 1. The molecule has 3 aliphatic rings. The van der Waals surface area contributed by atoms with Gasteiger partial charge in [-0.15, -0.1) is 0 Å². The highest BCUT2D eigenvalue weighted by atomic mass is 32.2. The fourth-order valence-electron chi connectivity index (χ4n) is 4.19. The van der Waals surface area contributed by atoms with Crippen molar-refractivity contribution in [2.45, 2.75) is 56.6 Å². The van der Waals surface area contributed by atoms with E-state index in [0.717, 1.165) is 12.7 Å². The van der Waals surface area contributed by atoms with Crippen molar-refractivity contribution in [1.29, 1.82) is 0 Å². The van der Waals surface area contributed by atoms with Gasteiger partial charge in [-0.05, 0) is 20.3 Å². The molecule has 0 aliphatic carbocycles. The van der Waals surface area contributed by atoms with Gasteiger partial charge in [0.25, 0.3) is 10.1 Å². The van der Waals surface area contributed by atoms with E-state index in [1.54, 1.807) is 24.7 Å². The van der Waals surface area contributed by atoms with Gasteiger partial charge in [0.05, 0.1) is 31.8 Å². The van der Waals surface area contributed by atoms with E-state index in [4.69, 9.17) is 23.1 Å². The van der Waals surface area contributed by atoms with E-state index in [-0.39, 0.29) is 12.6 Å². The van der Waals surface area contributed by atoms with Crippen LogP contribution in [0.3, 0.4) is 0 Å². The number of nitrogens with zero attached hydrogens (tertiary/aromatic N) is 4. The molecule has 5 unspecified atom stereocenters. The Hall–Kier alpha value is -1.90. The van der Waals surface area contributed by atoms with Gasteiger partial charge in [-0.1, -0.05) is 0 Å². The van der Waals surface area contributed by atoms with Crippen molar-refractivity contribution < 1.29 is 31.5 Å². The lowest BCUT2D eigenvalue weighted by atomic mass is 10.1. The zero-order chi connectivity index (χ0) is 21.8. The Labute approximate surface area is 179 Å². The van der Waals surface area contributed by atoms with E-state index in [1.165, 1.54) is 6.33 Å². The highest BCUT2D eigenvalue weighted by Crippen LogP contribution is 2.44. The van der Waals surface area contributed by atoms with E-state index >= 15 is 0 Å². The number of ether oxygens (including phenoxy) is 4. The van der Waals surface area contributed by atoms with Crippen LogP contribution in [0.4, 0.5) is 5.82 Å². The number of fused-ring (bicyclic) bond motifs is 2. The predicted octanol–water partition coefficient (Wildman–Crippen LogP) is 0.421. The summed E-state index contributed by atoms with van der Waals surface area (Å²) in [5.41, 5.74) is 1.17. The van der Waals surface area contributed by atoms with Crippen LogP contribution < -0.4 is 5.32 Å². The van der Waals surface area contributed by atoms with Crippen LogP contribution in [0, 0.1) is 0 Å². The van der Waals surface area contributed by atoms with Gasteiger partial charge in [0.2, 0.25) is 0 Å². The van der Waals surface area contributed by atoms with Gasteiger partial charge < -0.3 is 24.3 Å². The molecule has 5 rings (SSSR count). The molecule has 13 heteroatoms. The smallest absolute Gasteiger partial charge is 0.264 e. The van der Waals surface area contributed by atoms with Crippen LogP contribution in [-0.2, 0) is 33.2 Å². The summed E-state index contributed by atoms with van der Waals surface area (Å²) >= 11 is 0. The Morgan fingerprint density at radius 3 is 2.81 bits per heavy atom. The Morgan fingerprint density at radius 2 is 2.06 bits per heavy atom. The Balaban J connectivity index is 1.44. The van der Waals surface area contributed by atoms with Gasteiger partial charge in [0.1, 0.15) is 24.6 Å². The lowest BCUT2D eigenvalue weighted by molar-refractivity contribution is -0.198. The molecule has 0 spiro atoms. The maximum atomic E-state index is 11.5. The molecule has 0 saturated carbocycles. The lowest BCUT2D eigenvalue weighted by Gasteiger charge is -2.24. The third-order valence-electron chi connectivity index (χ3n) is 5.48. The summed E-state index contributed by atoms with van der Waals surface area (Å²) in [7, 11) is -3.63. The molecule has 3 fully saturated rings. The van der Waals surface area contributed by atoms with Gasteiger partial charge in [0.15, 0.2) is 29.0 Å². The van der Waals surface area contributed by atoms with E-state index in [9.17, 15) is 8.42 Å². The molecular weight excluding hydrogens is 430 g/mol. The van der Waals surface area contributed by atoms with Crippen LogP contribution in [0.2, 0.25) is 0 Å². The highest BCUT2D eigenvalue weighted by molar-refractivity contribution is 7.85. The number of nitrogens with one attached hydrogen (secondary N) is 1. The fraction of sp³-hybridized carbons (Fsp3) is 0.722. The summed E-state index contributed by atoms with van der Waals surface area (Å²) in [6.07, 6.45) is 2.71. The molecule has 3 aliphatic heterocycles. The van der Waals surface area contributed by atoms with E-state index in [0.29, 0.717) is 30.2 Å². The van der Waals surface area contributed by atoms with Crippen molar-refractivity contribution in [1.82, 2.24) is 19.5 Å². The van der Waals surface area contributed by atoms with Crippen molar-refractivity contribution in [3.8, 4) is 0 Å². The van der Waals surface area contributed by atoms with Gasteiger partial charge in [-0.25, -0.2) is 15.0 Å². The first-order valence-electron chi connectivity index (χ1n) is 10.1. The molecule has 0 radical (unpaired) electrons. The minimum atomic E-state index is -3.63. The molecular formula is C18H25N5O7S. The van der Waals surface area contributed by atoms with Gasteiger partial charge >= 0.3 is 0 Å². The normalized spacial score (nSPS) is 32.5. The number of hydrogen-bond acceptors (Lipinski definition) is 11. The van der Waals surface area contributed by atoms with Crippen molar-refractivity contribution in [2.24, 2.45) is 0 Å². The zero-order valence-electron chi connectivity index (χ0n) is 17.4. The molecule has 0 aromatic carbocycles. The quantitative estimate of drug-likeness (QED) is 0.607. The first-order chi connectivity index (χ1) is 14.7. The standard InChI is InChI=1S/C18H25N5O7S/c1-18(2)29-13-11(7-27-31(3,24)25)28-17(14(13)30-18)23-9-21-12-15(19-8-20-16(12)23)22-10-4-5-26-6-10/h8-11,13-14,17H,4-7H2,1-3H3,(H,19,20,22). The van der Waals surface area contributed by atoms with Crippen LogP contribution in [-0.4, -0.2) is 84.2 Å². The van der Waals surface area contributed by atoms with Gasteiger partial charge in [-0.2, -0.15) is 8.42 Å². The molecule has 2 aromatic heterocycles. The summed E-state index contributed by atoms with van der Waals surface area (Å²) in [5.74, 6) is -0.226. The van der Waals surface area contributed by atoms with Crippen molar-refractivity contribution in [3.63, 3.8) is 0 Å². The Kier molecular flexibility index (Phi) is 5.14. The maximum Gasteiger partial charge on any atom is 0.264 e. The van der Waals surface area contributed by atoms with Gasteiger partial charge in [0, 0.05) is 6.61 Å². The van der Waals surface area contributed by atoms with Crippen molar-refractivity contribution in [3.05, 3.63) is 12.7 Å². The molecule has 12 nitrogen and oxygen atoms in total. The monoisotopic (exact) mass is 455 g/mol. The van der Waals surface area contributed by atoms with Crippen molar-refractivity contribution in [2.75, 3.05) is 31.4 Å². The lowest BCUT2D eigenvalue weighted by Crippen LogP contribution is -2.33. The number of aromatic nitrogens is 4. The largest absolute Gasteiger partial charge is 0.379 e. The molecule has 0 amide bonds. The third kappa shape index (κ3) is 4.13. The summed E-state index contributed by atoms with van der Waals surface area (Å²) in [5, 5.41) is 3.36. The predicted molar refractivity (Wildman–Crippen MR) is 107 cm³/mol. The molecule has 1 N–H and O–H groups in total. The molecule has 2 aromatic rings. The van der Waals surface area contributed by atoms with Crippen LogP contribution in [0.1, 0.15) is 26.5 Å². The second kappa shape index (κ2) is 7.60. The summed E-state index contributed by atoms with van der Waals surface area (Å²) in [6, 6.07) is 0.167. The molecule has 5 heterocycles. The van der Waals surface area contributed by atoms with E-state index in [1.807, 2.05) is 0 Å². The average Bonchev–Trinajstić information content (AvgIpc) is 3.44. The summed E-state index contributed by atoms with van der Waals surface area (Å²) in [4.78, 5) is 13.2. The average molecular weight is 455 g/mol. The Morgan fingerprint density at radius 1 is 1.26 bits per heavy atom. The van der Waals surface area contributed by atoms with Gasteiger partial charge in [-0.3, -0.25) is 8.75 Å². The molecule has 5 atom stereocenters. The van der Waals surface area contributed by atoms with Crippen LogP contribution in [0.25, 0.3) is 11.2 Å². The Bertz CT molecular complexity index is 1070. The molecule has 0 bridgehead atoms. The van der Waals surface area contributed by atoms with Crippen molar-refractivity contribution >= 4 is 27.1 Å². The summed E-state index contributed by atoms with van der Waals surface area (Å²) in [6.45, 7) is 4.76. The molecule has 170 valence electrons. The second-order valence-corrected chi connectivity index (χ2v) is 10.0. The second-order valence-electron chi connectivity index (χ2n) is 8.37. The number of hydrogen-bond donors (Lipinski definition) is 1. The zero-order valence-corrected chi connectivity index (χ0v) is 18.2. The fourth-order valence-corrected chi connectivity index (χ4v) is 4.57. The van der Waals surface area contributed by atoms with Crippen LogP contribution >= 0.6 is 0 Å². The molecule has 3 saturated heterocycles. The number of anilines is 1. The van der Waals surface area contributed by atoms with E-state index < -0.39 is 40.4 Å². The highest BCUT2D eigenvalue weighted by Gasteiger charge is 2.56.